The van der Waals surface area contributed by atoms with Crippen molar-refractivity contribution in [1.29, 1.82) is 0 Å². The average Bonchev–Trinajstić information content (AvgIpc) is 3.61. The van der Waals surface area contributed by atoms with E-state index in [1.54, 1.807) is 33.4 Å². The molecule has 3 atom stereocenters. The normalized spacial score (nSPS) is 16.8. The number of rotatable bonds is 13. The summed E-state index contributed by atoms with van der Waals surface area (Å²) in [5.74, 6) is -1.23. The number of carbonyl (C=O) groups is 2. The van der Waals surface area contributed by atoms with Crippen LogP contribution >= 0.6 is 8.53 Å². The van der Waals surface area contributed by atoms with E-state index < -0.39 is 38.9 Å². The number of methoxy groups -OCH3 is 2. The van der Waals surface area contributed by atoms with Gasteiger partial charge in [-0.3, -0.25) is 9.36 Å². The molecule has 19 heteroatoms. The number of furan rings is 1. The summed E-state index contributed by atoms with van der Waals surface area (Å²) < 4.78 is 59.6. The van der Waals surface area contributed by atoms with Gasteiger partial charge in [-0.05, 0) is 39.3 Å². The molecule has 0 radical (unpaired) electrons. The maximum atomic E-state index is 14.1. The third kappa shape index (κ3) is 13.5. The molecular formula is C28H42F2N5O11P. The summed E-state index contributed by atoms with van der Waals surface area (Å²) in [5.41, 5.74) is -0.261. The lowest BCUT2D eigenvalue weighted by atomic mass is 10.2. The number of aliphatic hydroxyl groups excluding tert-OH is 1. The van der Waals surface area contributed by atoms with Crippen LogP contribution in [0.25, 0.3) is 11.0 Å². The number of aldehydes is 1. The molecule has 3 aromatic rings. The minimum atomic E-state index is -3.30. The number of benzene rings is 1. The maximum Gasteiger partial charge on any atom is 0.351 e. The van der Waals surface area contributed by atoms with Crippen molar-refractivity contribution in [2.75, 3.05) is 68.0 Å². The molecule has 4 rings (SSSR count). The van der Waals surface area contributed by atoms with E-state index in [0.717, 1.165) is 12.5 Å². The zero-order valence-corrected chi connectivity index (χ0v) is 28.0. The fraction of sp³-hybridized carbons (Fsp3) is 0.500. The molecule has 0 spiro atoms. The topological polar surface area (TPSA) is 196 Å². The Morgan fingerprint density at radius 2 is 1.87 bits per heavy atom. The van der Waals surface area contributed by atoms with Gasteiger partial charge < -0.3 is 52.9 Å². The number of hydrogen-bond donors (Lipinski definition) is 4. The van der Waals surface area contributed by atoms with Gasteiger partial charge in [0.25, 0.3) is 20.9 Å². The van der Waals surface area contributed by atoms with E-state index in [0.29, 0.717) is 40.2 Å². The molecule has 47 heavy (non-hydrogen) atoms. The average molecular weight is 694 g/mol. The first-order valence-corrected chi connectivity index (χ1v) is 14.9. The fourth-order valence-corrected chi connectivity index (χ4v) is 4.38. The molecule has 0 aliphatic carbocycles. The maximum absolute atomic E-state index is 14.1. The molecule has 3 unspecified atom stereocenters. The third-order valence-electron chi connectivity index (χ3n) is 5.57. The van der Waals surface area contributed by atoms with Crippen LogP contribution in [-0.4, -0.2) is 112 Å². The fourth-order valence-electron chi connectivity index (χ4n) is 3.75. The highest BCUT2D eigenvalue weighted by Crippen LogP contribution is 2.43. The Hall–Kier alpha value is -3.77. The van der Waals surface area contributed by atoms with Crippen LogP contribution in [0.4, 0.5) is 14.6 Å². The standard InChI is InChI=1S/C12H17F2N4O5P.C12H12O5.C3H9N.CH4O/c1-15-9-2-4-18(11(20)17-9)10-12(13,14)6-8(23-10)7-22-24(21)16-3-5-19;1-14-9-3-8-4-10(6-16-7-13)17-12(8)11(5-9)15-2;1-4(2)3;1-2/h2,4-5,8,10,16,21H,3,6-7H2,1H3,(H,15,17,20);3-5,7H,6H2,1-2H3;1-3H3;2H,1H3. The first kappa shape index (κ1) is 41.3. The van der Waals surface area contributed by atoms with Crippen LogP contribution in [0.3, 0.4) is 0 Å². The predicted molar refractivity (Wildman–Crippen MR) is 169 cm³/mol. The van der Waals surface area contributed by atoms with Gasteiger partial charge >= 0.3 is 5.69 Å². The number of ether oxygens (including phenoxy) is 4. The predicted octanol–water partition coefficient (Wildman–Crippen LogP) is 2.14. The Balaban J connectivity index is 0.000000418. The van der Waals surface area contributed by atoms with Crippen molar-refractivity contribution in [3.05, 3.63) is 46.7 Å². The second-order valence-electron chi connectivity index (χ2n) is 9.64. The summed E-state index contributed by atoms with van der Waals surface area (Å²) in [6.45, 7) is 0.0525. The molecule has 0 amide bonds. The highest BCUT2D eigenvalue weighted by molar-refractivity contribution is 7.43. The smallest absolute Gasteiger partial charge is 0.351 e. The molecule has 4 N–H and O–H groups in total. The Kier molecular flexibility index (Phi) is 18.6. The molecule has 0 bridgehead atoms. The summed E-state index contributed by atoms with van der Waals surface area (Å²) in [6.07, 6.45) is -1.79. The lowest BCUT2D eigenvalue weighted by Crippen LogP contribution is -2.35. The summed E-state index contributed by atoms with van der Waals surface area (Å²) in [4.78, 5) is 47.1. The van der Waals surface area contributed by atoms with Crippen molar-refractivity contribution >= 4 is 38.1 Å². The number of nitrogens with one attached hydrogen (secondary N) is 2. The van der Waals surface area contributed by atoms with Gasteiger partial charge in [-0.15, -0.1) is 0 Å². The van der Waals surface area contributed by atoms with E-state index in [9.17, 15) is 28.1 Å². The zero-order chi connectivity index (χ0) is 35.6. The second-order valence-corrected chi connectivity index (χ2v) is 10.8. The van der Waals surface area contributed by atoms with Crippen LogP contribution in [0, 0.1) is 0 Å². The third-order valence-corrected chi connectivity index (χ3v) is 6.42. The molecule has 3 heterocycles. The molecule has 1 fully saturated rings. The van der Waals surface area contributed by atoms with Gasteiger partial charge in [0.05, 0.1) is 33.5 Å². The van der Waals surface area contributed by atoms with Crippen molar-refractivity contribution in [1.82, 2.24) is 19.5 Å². The van der Waals surface area contributed by atoms with Crippen LogP contribution in [-0.2, 0) is 30.2 Å². The van der Waals surface area contributed by atoms with E-state index in [-0.39, 0.29) is 25.6 Å². The van der Waals surface area contributed by atoms with Gasteiger partial charge in [0.2, 0.25) is 6.23 Å². The van der Waals surface area contributed by atoms with Gasteiger partial charge in [-0.25, -0.2) is 18.7 Å². The summed E-state index contributed by atoms with van der Waals surface area (Å²) in [7, 11) is 9.57. The lowest BCUT2D eigenvalue weighted by molar-refractivity contribution is -0.130. The van der Waals surface area contributed by atoms with Crippen LogP contribution in [0.15, 0.2) is 39.7 Å². The van der Waals surface area contributed by atoms with Gasteiger partial charge in [-0.1, -0.05) is 0 Å². The number of aromatic nitrogens is 2. The van der Waals surface area contributed by atoms with Crippen molar-refractivity contribution < 1.29 is 56.3 Å². The van der Waals surface area contributed by atoms with Gasteiger partial charge in [0, 0.05) is 38.2 Å². The Labute approximate surface area is 271 Å². The number of carbonyl (C=O) groups excluding carboxylic acids is 2. The molecule has 1 aliphatic rings. The van der Waals surface area contributed by atoms with Crippen LogP contribution in [0.2, 0.25) is 0 Å². The van der Waals surface area contributed by atoms with Crippen molar-refractivity contribution in [2.24, 2.45) is 0 Å². The molecule has 264 valence electrons. The number of anilines is 1. The number of aliphatic hydroxyl groups is 1. The molecule has 16 nitrogen and oxygen atoms in total. The highest BCUT2D eigenvalue weighted by Gasteiger charge is 2.52. The first-order chi connectivity index (χ1) is 22.4. The van der Waals surface area contributed by atoms with E-state index >= 15 is 0 Å². The van der Waals surface area contributed by atoms with Crippen LogP contribution in [0.5, 0.6) is 11.5 Å². The van der Waals surface area contributed by atoms with Gasteiger partial charge in [0.15, 0.2) is 11.3 Å². The highest BCUT2D eigenvalue weighted by atomic mass is 31.2. The number of hydrogen-bond acceptors (Lipinski definition) is 15. The van der Waals surface area contributed by atoms with Crippen LogP contribution < -0.4 is 25.6 Å². The Morgan fingerprint density at radius 3 is 2.43 bits per heavy atom. The molecule has 1 saturated heterocycles. The van der Waals surface area contributed by atoms with E-state index in [2.05, 4.69) is 20.1 Å². The monoisotopic (exact) mass is 693 g/mol. The van der Waals surface area contributed by atoms with Gasteiger partial charge in [0.1, 0.15) is 30.2 Å². The minimum Gasteiger partial charge on any atom is -0.497 e. The first-order valence-electron chi connectivity index (χ1n) is 13.7. The summed E-state index contributed by atoms with van der Waals surface area (Å²) >= 11 is 0. The molecule has 0 saturated carbocycles. The quantitative estimate of drug-likeness (QED) is 0.150. The number of nitrogens with zero attached hydrogens (tertiary/aromatic N) is 3. The van der Waals surface area contributed by atoms with Crippen molar-refractivity contribution in [3.63, 3.8) is 0 Å². The molecule has 2 aromatic heterocycles. The molecule has 1 aliphatic heterocycles. The number of alkyl halides is 2. The van der Waals surface area contributed by atoms with Gasteiger partial charge in [-0.2, -0.15) is 4.98 Å². The van der Waals surface area contributed by atoms with Crippen LogP contribution in [0.1, 0.15) is 18.4 Å². The zero-order valence-electron chi connectivity index (χ0n) is 27.1. The van der Waals surface area contributed by atoms with E-state index in [4.69, 9.17) is 28.3 Å². The SMILES string of the molecule is CN(C)C.CNc1ccn(C2OC(COP(O)NCC=O)CC2(F)F)c(=O)n1.CO.COc1cc(OC)c2oc(COC=O)cc2c1. The van der Waals surface area contributed by atoms with E-state index in [1.807, 2.05) is 32.1 Å². The minimum absolute atomic E-state index is 0.101. The number of halogens is 2. The number of fused-ring (bicyclic) bond motifs is 1. The molecular weight excluding hydrogens is 651 g/mol. The van der Waals surface area contributed by atoms with Crippen molar-refractivity contribution in [2.45, 2.75) is 31.3 Å². The lowest BCUT2D eigenvalue weighted by Gasteiger charge is -2.20. The summed E-state index contributed by atoms with van der Waals surface area (Å²) in [5, 5.41) is 12.8. The second kappa shape index (κ2) is 21.2. The Bertz CT molecular complexity index is 1420. The van der Waals surface area contributed by atoms with E-state index in [1.165, 1.54) is 12.3 Å². The Morgan fingerprint density at radius 1 is 1.19 bits per heavy atom. The van der Waals surface area contributed by atoms with Crippen molar-refractivity contribution in [3.8, 4) is 11.5 Å². The largest absolute Gasteiger partial charge is 0.497 e. The summed E-state index contributed by atoms with van der Waals surface area (Å²) in [6, 6.07) is 6.72. The molecule has 1 aromatic carbocycles.